The van der Waals surface area contributed by atoms with Crippen LogP contribution < -0.4 is 5.73 Å². The highest BCUT2D eigenvalue weighted by Gasteiger charge is 2.35. The molecule has 0 saturated heterocycles. The summed E-state index contributed by atoms with van der Waals surface area (Å²) < 4.78 is 0. The third-order valence-corrected chi connectivity index (χ3v) is 5.75. The van der Waals surface area contributed by atoms with Crippen molar-refractivity contribution in [2.24, 2.45) is 35.3 Å². The minimum atomic E-state index is 0.384. The van der Waals surface area contributed by atoms with Gasteiger partial charge in [-0.2, -0.15) is 0 Å². The number of hydrogen-bond donors (Lipinski definition) is 1. The maximum absolute atomic E-state index is 6.28. The molecular weight excluding hydrogens is 230 g/mol. The molecule has 19 heavy (non-hydrogen) atoms. The van der Waals surface area contributed by atoms with Crippen LogP contribution in [-0.2, 0) is 0 Å². The first kappa shape index (κ1) is 17.0. The van der Waals surface area contributed by atoms with Gasteiger partial charge in [-0.15, -0.1) is 0 Å². The highest BCUT2D eigenvalue weighted by molar-refractivity contribution is 4.87. The maximum Gasteiger partial charge on any atom is 0.00415 e. The van der Waals surface area contributed by atoms with Gasteiger partial charge in [-0.25, -0.2) is 0 Å². The topological polar surface area (TPSA) is 26.0 Å². The lowest BCUT2D eigenvalue weighted by Crippen LogP contribution is -2.39. The molecule has 1 aliphatic carbocycles. The van der Waals surface area contributed by atoms with E-state index >= 15 is 0 Å². The second-order valence-electron chi connectivity index (χ2n) is 7.36. The Hall–Kier alpha value is -0.0400. The quantitative estimate of drug-likeness (QED) is 0.671. The first-order chi connectivity index (χ1) is 8.99. The molecule has 0 amide bonds. The zero-order valence-electron chi connectivity index (χ0n) is 14.0. The molecule has 0 aromatic rings. The van der Waals surface area contributed by atoms with Crippen molar-refractivity contribution in [3.8, 4) is 0 Å². The highest BCUT2D eigenvalue weighted by atomic mass is 14.6. The normalized spacial score (nSPS) is 32.8. The van der Waals surface area contributed by atoms with Gasteiger partial charge in [-0.3, -0.25) is 0 Å². The molecule has 0 bridgehead atoms. The van der Waals surface area contributed by atoms with Crippen LogP contribution in [0.15, 0.2) is 0 Å². The van der Waals surface area contributed by atoms with Gasteiger partial charge in [0.25, 0.3) is 0 Å². The molecule has 1 aliphatic rings. The fourth-order valence-corrected chi connectivity index (χ4v) is 4.07. The molecule has 114 valence electrons. The average molecular weight is 268 g/mol. The Morgan fingerprint density at radius 1 is 1.00 bits per heavy atom. The van der Waals surface area contributed by atoms with Gasteiger partial charge in [0.05, 0.1) is 0 Å². The molecule has 0 aromatic carbocycles. The van der Waals surface area contributed by atoms with Crippen LogP contribution in [0, 0.1) is 29.6 Å². The molecule has 1 nitrogen and oxygen atoms in total. The monoisotopic (exact) mass is 267 g/mol. The predicted molar refractivity (Wildman–Crippen MR) is 86.1 cm³/mol. The van der Waals surface area contributed by atoms with E-state index < -0.39 is 0 Å². The van der Waals surface area contributed by atoms with E-state index in [0.717, 1.165) is 29.6 Å². The molecule has 0 aromatic heterocycles. The van der Waals surface area contributed by atoms with Crippen LogP contribution in [-0.4, -0.2) is 6.04 Å². The zero-order valence-corrected chi connectivity index (χ0v) is 14.0. The van der Waals surface area contributed by atoms with Crippen molar-refractivity contribution < 1.29 is 0 Å². The van der Waals surface area contributed by atoms with E-state index in [1.165, 1.54) is 44.9 Å². The predicted octanol–water partition coefficient (Wildman–Crippen LogP) is 5.24. The summed E-state index contributed by atoms with van der Waals surface area (Å²) in [5.41, 5.74) is 6.28. The van der Waals surface area contributed by atoms with Crippen molar-refractivity contribution in [1.29, 1.82) is 0 Å². The summed E-state index contributed by atoms with van der Waals surface area (Å²) in [4.78, 5) is 0. The lowest BCUT2D eigenvalue weighted by atomic mass is 9.65. The molecule has 1 fully saturated rings. The Balaban J connectivity index is 2.63. The first-order valence-corrected chi connectivity index (χ1v) is 8.75. The van der Waals surface area contributed by atoms with Gasteiger partial charge in [-0.05, 0) is 55.8 Å². The second-order valence-corrected chi connectivity index (χ2v) is 7.36. The van der Waals surface area contributed by atoms with Gasteiger partial charge < -0.3 is 5.73 Å². The van der Waals surface area contributed by atoms with Gasteiger partial charge in [0.2, 0.25) is 0 Å². The van der Waals surface area contributed by atoms with Gasteiger partial charge in [0.15, 0.2) is 0 Å². The van der Waals surface area contributed by atoms with Gasteiger partial charge in [-0.1, -0.05) is 53.4 Å². The molecule has 0 spiro atoms. The summed E-state index contributed by atoms with van der Waals surface area (Å²) in [6.07, 6.45) is 9.68. The second kappa shape index (κ2) is 8.29. The summed E-state index contributed by atoms with van der Waals surface area (Å²) in [7, 11) is 0. The average Bonchev–Trinajstić information content (AvgIpc) is 2.38. The van der Waals surface area contributed by atoms with Crippen molar-refractivity contribution in [2.45, 2.75) is 85.6 Å². The first-order valence-electron chi connectivity index (χ1n) is 8.75. The third-order valence-electron chi connectivity index (χ3n) is 5.75. The standard InChI is InChI=1S/C18H37N/c1-6-13(3)8-10-16(7-2)18-12-14(4)9-11-17(18)15(5)19/h13-18H,6-12,19H2,1-5H3. The van der Waals surface area contributed by atoms with Crippen molar-refractivity contribution in [3.05, 3.63) is 0 Å². The Morgan fingerprint density at radius 2 is 1.68 bits per heavy atom. The van der Waals surface area contributed by atoms with Crippen LogP contribution >= 0.6 is 0 Å². The van der Waals surface area contributed by atoms with Crippen molar-refractivity contribution in [1.82, 2.24) is 0 Å². The summed E-state index contributed by atoms with van der Waals surface area (Å²) in [5, 5.41) is 0. The molecule has 0 heterocycles. The molecule has 6 atom stereocenters. The van der Waals surface area contributed by atoms with E-state index in [2.05, 4.69) is 34.6 Å². The Bertz CT molecular complexity index is 236. The molecule has 1 saturated carbocycles. The number of rotatable bonds is 7. The zero-order chi connectivity index (χ0) is 14.4. The molecule has 0 radical (unpaired) electrons. The molecule has 1 rings (SSSR count). The lowest BCUT2D eigenvalue weighted by Gasteiger charge is -2.42. The Labute approximate surface area is 121 Å². The summed E-state index contributed by atoms with van der Waals surface area (Å²) in [5.74, 6) is 4.38. The minimum absolute atomic E-state index is 0.384. The van der Waals surface area contributed by atoms with Crippen LogP contribution in [0.3, 0.4) is 0 Å². The minimum Gasteiger partial charge on any atom is -0.328 e. The SMILES string of the molecule is CCC(C)CCC(CC)C1CC(C)CCC1C(C)N. The number of hydrogen-bond acceptors (Lipinski definition) is 1. The van der Waals surface area contributed by atoms with E-state index in [1.807, 2.05) is 0 Å². The van der Waals surface area contributed by atoms with E-state index in [1.54, 1.807) is 0 Å². The van der Waals surface area contributed by atoms with E-state index in [4.69, 9.17) is 5.73 Å². The van der Waals surface area contributed by atoms with Crippen LogP contribution in [0.25, 0.3) is 0 Å². The van der Waals surface area contributed by atoms with Crippen LogP contribution in [0.4, 0.5) is 0 Å². The lowest BCUT2D eigenvalue weighted by molar-refractivity contribution is 0.0988. The summed E-state index contributed by atoms with van der Waals surface area (Å²) in [6, 6.07) is 0.384. The summed E-state index contributed by atoms with van der Waals surface area (Å²) in [6.45, 7) is 11.8. The highest BCUT2D eigenvalue weighted by Crippen LogP contribution is 2.42. The van der Waals surface area contributed by atoms with Gasteiger partial charge in [0.1, 0.15) is 0 Å². The molecular formula is C18H37N. The molecule has 0 aliphatic heterocycles. The smallest absolute Gasteiger partial charge is 0.00415 e. The van der Waals surface area contributed by atoms with Crippen molar-refractivity contribution in [3.63, 3.8) is 0 Å². The van der Waals surface area contributed by atoms with Crippen LogP contribution in [0.2, 0.25) is 0 Å². The summed E-state index contributed by atoms with van der Waals surface area (Å²) >= 11 is 0. The molecule has 6 unspecified atom stereocenters. The van der Waals surface area contributed by atoms with Crippen molar-refractivity contribution in [2.75, 3.05) is 0 Å². The van der Waals surface area contributed by atoms with Crippen molar-refractivity contribution >= 4 is 0 Å². The van der Waals surface area contributed by atoms with Crippen LogP contribution in [0.1, 0.15) is 79.6 Å². The molecule has 2 N–H and O–H groups in total. The van der Waals surface area contributed by atoms with Gasteiger partial charge >= 0.3 is 0 Å². The Morgan fingerprint density at radius 3 is 2.21 bits per heavy atom. The fourth-order valence-electron chi connectivity index (χ4n) is 4.07. The Kier molecular flexibility index (Phi) is 7.42. The van der Waals surface area contributed by atoms with E-state index in [0.29, 0.717) is 6.04 Å². The molecule has 1 heteroatoms. The van der Waals surface area contributed by atoms with Crippen LogP contribution in [0.5, 0.6) is 0 Å². The number of nitrogens with two attached hydrogens (primary N) is 1. The fraction of sp³-hybridized carbons (Fsp3) is 1.00. The van der Waals surface area contributed by atoms with Gasteiger partial charge in [0, 0.05) is 6.04 Å². The maximum atomic E-state index is 6.28. The van der Waals surface area contributed by atoms with E-state index in [-0.39, 0.29) is 0 Å². The van der Waals surface area contributed by atoms with E-state index in [9.17, 15) is 0 Å². The largest absolute Gasteiger partial charge is 0.328 e. The third kappa shape index (κ3) is 5.10.